The summed E-state index contributed by atoms with van der Waals surface area (Å²) in [6.07, 6.45) is 1.56. The highest BCUT2D eigenvalue weighted by Crippen LogP contribution is 2.25. The first-order valence-corrected chi connectivity index (χ1v) is 6.82. The van der Waals surface area contributed by atoms with E-state index >= 15 is 0 Å². The zero-order chi connectivity index (χ0) is 14.0. The summed E-state index contributed by atoms with van der Waals surface area (Å²) < 4.78 is 0.981. The molecule has 1 aromatic heterocycles. The van der Waals surface area contributed by atoms with Crippen LogP contribution < -0.4 is 4.90 Å². The summed E-state index contributed by atoms with van der Waals surface area (Å²) in [4.78, 5) is 17.9. The van der Waals surface area contributed by atoms with E-state index in [2.05, 4.69) is 20.9 Å². The molecule has 3 nitrogen and oxygen atoms in total. The number of aryl methyl sites for hydroxylation is 1. The standard InChI is InChI=1S/C14H12BrClN2O/c1-9-8-10(15)5-6-12(9)18(2)14(19)11-4-3-7-17-13(11)16/h3-8H,1-2H3. The Bertz CT molecular complexity index is 631. The van der Waals surface area contributed by atoms with Gasteiger partial charge in [0.15, 0.2) is 0 Å². The number of hydrogen-bond donors (Lipinski definition) is 0. The Morgan fingerprint density at radius 3 is 2.74 bits per heavy atom. The van der Waals surface area contributed by atoms with Gasteiger partial charge in [0, 0.05) is 23.4 Å². The van der Waals surface area contributed by atoms with Crippen LogP contribution in [-0.2, 0) is 0 Å². The minimum Gasteiger partial charge on any atom is -0.311 e. The second-order valence-corrected chi connectivity index (χ2v) is 5.41. The number of carbonyl (C=O) groups is 1. The monoisotopic (exact) mass is 338 g/mol. The highest BCUT2D eigenvalue weighted by Gasteiger charge is 2.18. The summed E-state index contributed by atoms with van der Waals surface area (Å²) in [5.74, 6) is -0.177. The van der Waals surface area contributed by atoms with Crippen LogP contribution in [0.15, 0.2) is 41.0 Å². The van der Waals surface area contributed by atoms with E-state index in [-0.39, 0.29) is 11.1 Å². The lowest BCUT2D eigenvalue weighted by molar-refractivity contribution is 0.0992. The number of carbonyl (C=O) groups excluding carboxylic acids is 1. The summed E-state index contributed by atoms with van der Waals surface area (Å²) in [5, 5.41) is 0.217. The topological polar surface area (TPSA) is 33.2 Å². The Labute approximate surface area is 125 Å². The number of nitrogens with zero attached hydrogens (tertiary/aromatic N) is 2. The first kappa shape index (κ1) is 14.0. The lowest BCUT2D eigenvalue weighted by atomic mass is 10.1. The summed E-state index contributed by atoms with van der Waals surface area (Å²) >= 11 is 9.35. The van der Waals surface area contributed by atoms with E-state index in [1.54, 1.807) is 30.3 Å². The van der Waals surface area contributed by atoms with Crippen molar-refractivity contribution in [1.82, 2.24) is 4.98 Å². The molecule has 0 aliphatic heterocycles. The van der Waals surface area contributed by atoms with Crippen molar-refractivity contribution in [2.45, 2.75) is 6.92 Å². The summed E-state index contributed by atoms with van der Waals surface area (Å²) in [7, 11) is 1.72. The predicted molar refractivity (Wildman–Crippen MR) is 80.9 cm³/mol. The van der Waals surface area contributed by atoms with Gasteiger partial charge in [0.2, 0.25) is 0 Å². The summed E-state index contributed by atoms with van der Waals surface area (Å²) in [5.41, 5.74) is 2.24. The van der Waals surface area contributed by atoms with Crippen LogP contribution in [0.4, 0.5) is 5.69 Å². The van der Waals surface area contributed by atoms with Crippen LogP contribution in [0.25, 0.3) is 0 Å². The fourth-order valence-electron chi connectivity index (χ4n) is 1.83. The molecular weight excluding hydrogens is 328 g/mol. The third-order valence-corrected chi connectivity index (χ3v) is 3.61. The molecule has 1 amide bonds. The maximum atomic E-state index is 12.4. The van der Waals surface area contributed by atoms with E-state index in [1.807, 2.05) is 25.1 Å². The van der Waals surface area contributed by atoms with Crippen LogP contribution in [0, 0.1) is 6.92 Å². The Balaban J connectivity index is 2.37. The highest BCUT2D eigenvalue weighted by atomic mass is 79.9. The number of benzene rings is 1. The van der Waals surface area contributed by atoms with Gasteiger partial charge in [-0.05, 0) is 42.8 Å². The average molecular weight is 340 g/mol. The molecule has 0 N–H and O–H groups in total. The van der Waals surface area contributed by atoms with Gasteiger partial charge in [0.1, 0.15) is 5.15 Å². The first-order valence-electron chi connectivity index (χ1n) is 5.65. The van der Waals surface area contributed by atoms with Crippen molar-refractivity contribution in [3.63, 3.8) is 0 Å². The van der Waals surface area contributed by atoms with E-state index in [0.717, 1.165) is 15.7 Å². The molecule has 0 fully saturated rings. The van der Waals surface area contributed by atoms with Crippen LogP contribution in [0.3, 0.4) is 0 Å². The average Bonchev–Trinajstić information content (AvgIpc) is 2.38. The first-order chi connectivity index (χ1) is 9.00. The van der Waals surface area contributed by atoms with Crippen molar-refractivity contribution >= 4 is 39.1 Å². The van der Waals surface area contributed by atoms with Gasteiger partial charge in [-0.3, -0.25) is 4.79 Å². The number of aromatic nitrogens is 1. The number of pyridine rings is 1. The van der Waals surface area contributed by atoms with E-state index in [4.69, 9.17) is 11.6 Å². The molecule has 0 aliphatic carbocycles. The maximum Gasteiger partial charge on any atom is 0.261 e. The lowest BCUT2D eigenvalue weighted by Gasteiger charge is -2.20. The van der Waals surface area contributed by atoms with Gasteiger partial charge in [0.25, 0.3) is 5.91 Å². The Morgan fingerprint density at radius 1 is 1.37 bits per heavy atom. The molecule has 0 bridgehead atoms. The molecule has 5 heteroatoms. The minimum absolute atomic E-state index is 0.177. The Morgan fingerprint density at radius 2 is 2.11 bits per heavy atom. The van der Waals surface area contributed by atoms with Crippen molar-refractivity contribution in [1.29, 1.82) is 0 Å². The quantitative estimate of drug-likeness (QED) is 0.772. The third kappa shape index (κ3) is 2.96. The molecule has 0 unspecified atom stereocenters. The van der Waals surface area contributed by atoms with Gasteiger partial charge in [0.05, 0.1) is 5.56 Å². The molecule has 2 aromatic rings. The molecule has 0 spiro atoms. The number of hydrogen-bond acceptors (Lipinski definition) is 2. The van der Waals surface area contributed by atoms with Crippen molar-refractivity contribution < 1.29 is 4.79 Å². The molecule has 0 atom stereocenters. The van der Waals surface area contributed by atoms with Gasteiger partial charge in [-0.1, -0.05) is 27.5 Å². The molecule has 1 aromatic carbocycles. The van der Waals surface area contributed by atoms with Gasteiger partial charge >= 0.3 is 0 Å². The highest BCUT2D eigenvalue weighted by molar-refractivity contribution is 9.10. The van der Waals surface area contributed by atoms with Crippen molar-refractivity contribution in [2.24, 2.45) is 0 Å². The summed E-state index contributed by atoms with van der Waals surface area (Å²) in [6.45, 7) is 1.95. The maximum absolute atomic E-state index is 12.4. The smallest absolute Gasteiger partial charge is 0.261 e. The molecular formula is C14H12BrClN2O. The second-order valence-electron chi connectivity index (χ2n) is 4.14. The largest absolute Gasteiger partial charge is 0.311 e. The fraction of sp³-hybridized carbons (Fsp3) is 0.143. The Kier molecular flexibility index (Phi) is 4.22. The third-order valence-electron chi connectivity index (χ3n) is 2.81. The van der Waals surface area contributed by atoms with Crippen molar-refractivity contribution in [3.05, 3.63) is 57.3 Å². The summed E-state index contributed by atoms with van der Waals surface area (Å²) in [6, 6.07) is 9.12. The lowest BCUT2D eigenvalue weighted by Crippen LogP contribution is -2.27. The van der Waals surface area contributed by atoms with E-state index in [0.29, 0.717) is 5.56 Å². The zero-order valence-electron chi connectivity index (χ0n) is 10.5. The van der Waals surface area contributed by atoms with Crippen LogP contribution in [0.1, 0.15) is 15.9 Å². The molecule has 1 heterocycles. The second kappa shape index (κ2) is 5.72. The minimum atomic E-state index is -0.177. The zero-order valence-corrected chi connectivity index (χ0v) is 12.9. The molecule has 0 saturated carbocycles. The normalized spacial score (nSPS) is 10.3. The van der Waals surface area contributed by atoms with Gasteiger partial charge in [-0.25, -0.2) is 4.98 Å². The number of rotatable bonds is 2. The number of amides is 1. The SMILES string of the molecule is Cc1cc(Br)ccc1N(C)C(=O)c1cccnc1Cl. The van der Waals surface area contributed by atoms with Crippen LogP contribution >= 0.6 is 27.5 Å². The molecule has 0 aliphatic rings. The van der Waals surface area contributed by atoms with Gasteiger partial charge < -0.3 is 4.90 Å². The molecule has 0 saturated heterocycles. The molecule has 0 radical (unpaired) electrons. The van der Waals surface area contributed by atoms with E-state index in [1.165, 1.54) is 0 Å². The van der Waals surface area contributed by atoms with Crippen molar-refractivity contribution in [2.75, 3.05) is 11.9 Å². The molecule has 19 heavy (non-hydrogen) atoms. The van der Waals surface area contributed by atoms with Crippen LogP contribution in [0.2, 0.25) is 5.15 Å². The molecule has 98 valence electrons. The number of anilines is 1. The Hall–Kier alpha value is -1.39. The van der Waals surface area contributed by atoms with Crippen LogP contribution in [0.5, 0.6) is 0 Å². The fourth-order valence-corrected chi connectivity index (χ4v) is 2.51. The van der Waals surface area contributed by atoms with E-state index in [9.17, 15) is 4.79 Å². The van der Waals surface area contributed by atoms with Gasteiger partial charge in [-0.15, -0.1) is 0 Å². The number of halogens is 2. The van der Waals surface area contributed by atoms with Crippen molar-refractivity contribution in [3.8, 4) is 0 Å². The molecule has 2 rings (SSSR count). The predicted octanol–water partition coefficient (Wildman–Crippen LogP) is 4.08. The van der Waals surface area contributed by atoms with E-state index < -0.39 is 0 Å². The van der Waals surface area contributed by atoms with Crippen LogP contribution in [-0.4, -0.2) is 17.9 Å². The van der Waals surface area contributed by atoms with Gasteiger partial charge in [-0.2, -0.15) is 0 Å².